The van der Waals surface area contributed by atoms with Crippen molar-refractivity contribution < 1.29 is 19.1 Å². The molecule has 0 saturated carbocycles. The van der Waals surface area contributed by atoms with E-state index in [9.17, 15) is 9.50 Å². The number of rotatable bonds is 6. The van der Waals surface area contributed by atoms with Gasteiger partial charge in [-0.05, 0) is 42.5 Å². The van der Waals surface area contributed by atoms with Crippen LogP contribution in [0.3, 0.4) is 0 Å². The number of anilines is 2. The molecule has 0 bridgehead atoms. The Morgan fingerprint density at radius 1 is 1.08 bits per heavy atom. The van der Waals surface area contributed by atoms with E-state index in [1.54, 1.807) is 19.2 Å². The second-order valence-electron chi connectivity index (χ2n) is 8.83. The van der Waals surface area contributed by atoms with Crippen LogP contribution in [0.25, 0.3) is 10.9 Å². The summed E-state index contributed by atoms with van der Waals surface area (Å²) in [6.45, 7) is 3.64. The summed E-state index contributed by atoms with van der Waals surface area (Å²) in [6.07, 6.45) is 0. The summed E-state index contributed by atoms with van der Waals surface area (Å²) in [6, 6.07) is 21.9. The molecule has 0 amide bonds. The van der Waals surface area contributed by atoms with Gasteiger partial charge in [-0.2, -0.15) is 0 Å². The fraction of sp³-hybridized carbons (Fsp3) is 0.222. The molecule has 3 aromatic carbocycles. The number of azo groups is 1. The Labute approximate surface area is 219 Å². The summed E-state index contributed by atoms with van der Waals surface area (Å²) in [7, 11) is 1.60. The van der Waals surface area contributed by atoms with Gasteiger partial charge in [0.1, 0.15) is 11.6 Å². The van der Waals surface area contributed by atoms with Crippen LogP contribution in [0.1, 0.15) is 0 Å². The van der Waals surface area contributed by atoms with Crippen LogP contribution in [0, 0.1) is 5.82 Å². The highest BCUT2D eigenvalue weighted by Gasteiger charge is 2.25. The quantitative estimate of drug-likeness (QED) is 0.261. The molecule has 1 saturated heterocycles. The maximum absolute atomic E-state index is 14.2. The van der Waals surface area contributed by atoms with E-state index < -0.39 is 0 Å². The number of fused-ring (bicyclic) bond motifs is 1. The highest BCUT2D eigenvalue weighted by molar-refractivity contribution is 7.80. The number of thiocarbonyl (C=S) groups is 1. The maximum Gasteiger partial charge on any atom is 0.225 e. The zero-order valence-electron chi connectivity index (χ0n) is 20.4. The van der Waals surface area contributed by atoms with Gasteiger partial charge in [-0.25, -0.2) is 4.39 Å². The SMILES string of the molecule is COc1cccc(NC(=S)N=Nc2c(O)n(C[NH+]3CCN(c4ccccc4F)CC3)c3ccccc23)c1. The van der Waals surface area contributed by atoms with E-state index in [0.29, 0.717) is 23.8 Å². The average Bonchev–Trinajstić information content (AvgIpc) is 3.18. The molecule has 1 aromatic heterocycles. The molecule has 2 heterocycles. The number of nitrogens with zero attached hydrogens (tertiary/aromatic N) is 4. The largest absolute Gasteiger partial charge is 0.497 e. The first-order valence-corrected chi connectivity index (χ1v) is 12.4. The van der Waals surface area contributed by atoms with Crippen molar-refractivity contribution in [2.24, 2.45) is 10.2 Å². The van der Waals surface area contributed by atoms with Crippen LogP contribution in [0.5, 0.6) is 11.6 Å². The van der Waals surface area contributed by atoms with E-state index in [1.165, 1.54) is 11.0 Å². The number of hydrogen-bond donors (Lipinski definition) is 3. The first-order chi connectivity index (χ1) is 18.0. The van der Waals surface area contributed by atoms with Gasteiger partial charge in [0.25, 0.3) is 0 Å². The molecular formula is C27H28FN6O2S+. The fourth-order valence-corrected chi connectivity index (χ4v) is 4.79. The summed E-state index contributed by atoms with van der Waals surface area (Å²) in [5.41, 5.74) is 2.60. The number of hydrogen-bond acceptors (Lipinski definition) is 5. The number of quaternary nitrogens is 1. The Kier molecular flexibility index (Phi) is 7.29. The summed E-state index contributed by atoms with van der Waals surface area (Å²) >= 11 is 5.34. The summed E-state index contributed by atoms with van der Waals surface area (Å²) < 4.78 is 21.3. The third-order valence-electron chi connectivity index (χ3n) is 6.52. The molecule has 3 N–H and O–H groups in total. The predicted octanol–water partition coefficient (Wildman–Crippen LogP) is 4.34. The molecule has 1 fully saturated rings. The van der Waals surface area contributed by atoms with Gasteiger partial charge >= 0.3 is 0 Å². The molecule has 10 heteroatoms. The van der Waals surface area contributed by atoms with Crippen molar-refractivity contribution in [1.82, 2.24) is 4.57 Å². The van der Waals surface area contributed by atoms with Crippen LogP contribution in [0.2, 0.25) is 0 Å². The normalized spacial score (nSPS) is 14.4. The van der Waals surface area contributed by atoms with E-state index in [-0.39, 0.29) is 16.8 Å². The number of nitrogens with one attached hydrogen (secondary N) is 2. The molecule has 0 unspecified atom stereocenters. The lowest BCUT2D eigenvalue weighted by Gasteiger charge is -2.34. The van der Waals surface area contributed by atoms with Gasteiger partial charge in [-0.15, -0.1) is 10.2 Å². The molecule has 1 aliphatic heterocycles. The second-order valence-corrected chi connectivity index (χ2v) is 9.21. The minimum Gasteiger partial charge on any atom is -0.497 e. The standard InChI is InChI=1S/C27H27FN6O2S/c1-36-20-8-6-7-19(17-20)29-27(37)31-30-25-21-9-2-4-11-23(21)34(26(25)35)18-32-13-15-33(16-14-32)24-12-5-3-10-22(24)28/h2-12,17,35H,13-16,18H2,1H3,(H,29,37)/p+1. The molecule has 0 atom stereocenters. The van der Waals surface area contributed by atoms with Crippen molar-refractivity contribution in [3.63, 3.8) is 0 Å². The Bertz CT molecular complexity index is 1450. The van der Waals surface area contributed by atoms with Crippen molar-refractivity contribution in [2.75, 3.05) is 43.5 Å². The van der Waals surface area contributed by atoms with Gasteiger partial charge in [-0.1, -0.05) is 36.4 Å². The van der Waals surface area contributed by atoms with E-state index >= 15 is 0 Å². The zero-order chi connectivity index (χ0) is 25.8. The Balaban J connectivity index is 1.31. The van der Waals surface area contributed by atoms with E-state index in [2.05, 4.69) is 20.4 Å². The molecule has 0 spiro atoms. The Morgan fingerprint density at radius 3 is 2.62 bits per heavy atom. The molecular weight excluding hydrogens is 491 g/mol. The average molecular weight is 520 g/mol. The third-order valence-corrected chi connectivity index (χ3v) is 6.71. The van der Waals surface area contributed by atoms with Crippen molar-refractivity contribution in [2.45, 2.75) is 6.67 Å². The molecule has 37 heavy (non-hydrogen) atoms. The van der Waals surface area contributed by atoms with Crippen LogP contribution in [0.4, 0.5) is 21.5 Å². The Morgan fingerprint density at radius 2 is 1.84 bits per heavy atom. The van der Waals surface area contributed by atoms with Gasteiger partial charge < -0.3 is 25.0 Å². The molecule has 8 nitrogen and oxygen atoms in total. The monoisotopic (exact) mass is 519 g/mol. The molecule has 190 valence electrons. The maximum atomic E-state index is 14.2. The minimum absolute atomic E-state index is 0.0400. The molecule has 5 rings (SSSR count). The number of halogens is 1. The van der Waals surface area contributed by atoms with Crippen molar-refractivity contribution >= 4 is 45.3 Å². The van der Waals surface area contributed by atoms with Crippen molar-refractivity contribution in [3.05, 3.63) is 78.6 Å². The highest BCUT2D eigenvalue weighted by atomic mass is 32.1. The Hall–Kier alpha value is -4.02. The van der Waals surface area contributed by atoms with E-state index in [1.807, 2.05) is 59.2 Å². The lowest BCUT2D eigenvalue weighted by molar-refractivity contribution is -0.923. The lowest BCUT2D eigenvalue weighted by Crippen LogP contribution is -3.14. The van der Waals surface area contributed by atoms with Crippen molar-refractivity contribution in [3.8, 4) is 11.6 Å². The van der Waals surface area contributed by atoms with Gasteiger partial charge in [0, 0.05) is 17.1 Å². The van der Waals surface area contributed by atoms with Gasteiger partial charge in [0.05, 0.1) is 44.5 Å². The van der Waals surface area contributed by atoms with Crippen LogP contribution in [-0.4, -0.2) is 48.1 Å². The van der Waals surface area contributed by atoms with E-state index in [4.69, 9.17) is 17.0 Å². The fourth-order valence-electron chi connectivity index (χ4n) is 4.63. The minimum atomic E-state index is -0.200. The summed E-state index contributed by atoms with van der Waals surface area (Å²) in [5, 5.41) is 23.6. The highest BCUT2D eigenvalue weighted by Crippen LogP contribution is 2.38. The first-order valence-electron chi connectivity index (χ1n) is 12.0. The van der Waals surface area contributed by atoms with Crippen LogP contribution < -0.4 is 19.9 Å². The number of ether oxygens (including phenoxy) is 1. The van der Waals surface area contributed by atoms with Gasteiger partial charge in [0.15, 0.2) is 12.4 Å². The summed E-state index contributed by atoms with van der Waals surface area (Å²) in [4.78, 5) is 3.35. The molecule has 4 aromatic rings. The lowest BCUT2D eigenvalue weighted by atomic mass is 10.2. The van der Waals surface area contributed by atoms with Crippen molar-refractivity contribution in [1.29, 1.82) is 0 Å². The van der Waals surface area contributed by atoms with Crippen LogP contribution in [0.15, 0.2) is 83.0 Å². The summed E-state index contributed by atoms with van der Waals surface area (Å²) in [5.74, 6) is 0.537. The van der Waals surface area contributed by atoms with Gasteiger partial charge in [-0.3, -0.25) is 4.57 Å². The molecule has 0 aliphatic carbocycles. The number of aromatic nitrogens is 1. The zero-order valence-corrected chi connectivity index (χ0v) is 21.2. The van der Waals surface area contributed by atoms with Crippen LogP contribution in [-0.2, 0) is 6.67 Å². The van der Waals surface area contributed by atoms with Gasteiger partial charge in [0.2, 0.25) is 11.0 Å². The number of aromatic hydroxyl groups is 1. The predicted molar refractivity (Wildman–Crippen MR) is 147 cm³/mol. The third kappa shape index (κ3) is 5.40. The van der Waals surface area contributed by atoms with E-state index in [0.717, 1.165) is 42.8 Å². The number of benzene rings is 3. The molecule has 0 radical (unpaired) electrons. The topological polar surface area (TPSA) is 78.8 Å². The molecule has 1 aliphatic rings. The number of methoxy groups -OCH3 is 1. The second kappa shape index (κ2) is 10.9. The number of para-hydroxylation sites is 2. The first kappa shape index (κ1) is 24.7. The smallest absolute Gasteiger partial charge is 0.225 e. The van der Waals surface area contributed by atoms with Crippen LogP contribution >= 0.6 is 12.2 Å². The number of piperazine rings is 1.